The third-order valence-corrected chi connectivity index (χ3v) is 2.79. The van der Waals surface area contributed by atoms with Crippen molar-refractivity contribution < 1.29 is 5.11 Å². The maximum atomic E-state index is 9.90. The molecule has 0 aliphatic carbocycles. The molecule has 2 rings (SSSR count). The molecule has 1 aromatic heterocycles. The molecule has 0 radical (unpaired) electrons. The Hall–Kier alpha value is -1.48. The molecule has 0 amide bonds. The Bertz CT molecular complexity index is 500. The van der Waals surface area contributed by atoms with Crippen LogP contribution in [0.2, 0.25) is 0 Å². The zero-order valence-corrected chi connectivity index (χ0v) is 10.1. The molecule has 3 nitrogen and oxygen atoms in total. The fourth-order valence-corrected chi connectivity index (χ4v) is 2.13. The van der Waals surface area contributed by atoms with Gasteiger partial charge in [-0.05, 0) is 32.6 Å². The summed E-state index contributed by atoms with van der Waals surface area (Å²) in [5, 5.41) is 11.0. The summed E-state index contributed by atoms with van der Waals surface area (Å²) in [6.07, 6.45) is 2.13. The molecule has 2 aromatic rings. The topological polar surface area (TPSA) is 28.4 Å². The highest BCUT2D eigenvalue weighted by molar-refractivity contribution is 5.88. The second-order valence-electron chi connectivity index (χ2n) is 4.35. The van der Waals surface area contributed by atoms with Crippen molar-refractivity contribution in [2.45, 2.75) is 20.0 Å². The molecular weight excluding hydrogens is 200 g/mol. The average Bonchev–Trinajstić information content (AvgIpc) is 2.57. The minimum absolute atomic E-state index is 0.365. The predicted molar refractivity (Wildman–Crippen MR) is 66.7 cm³/mol. The lowest BCUT2D eigenvalue weighted by atomic mass is 10.1. The van der Waals surface area contributed by atoms with E-state index in [1.165, 1.54) is 5.56 Å². The van der Waals surface area contributed by atoms with Crippen LogP contribution in [-0.4, -0.2) is 28.7 Å². The van der Waals surface area contributed by atoms with Gasteiger partial charge in [-0.1, -0.05) is 12.1 Å². The van der Waals surface area contributed by atoms with E-state index in [1.54, 1.807) is 6.07 Å². The van der Waals surface area contributed by atoms with Gasteiger partial charge in [-0.25, -0.2) is 0 Å². The number of benzene rings is 1. The zero-order valence-electron chi connectivity index (χ0n) is 10.1. The van der Waals surface area contributed by atoms with Gasteiger partial charge in [0.05, 0.1) is 5.52 Å². The highest BCUT2D eigenvalue weighted by Crippen LogP contribution is 2.29. The van der Waals surface area contributed by atoms with Crippen LogP contribution < -0.4 is 0 Å². The van der Waals surface area contributed by atoms with Gasteiger partial charge in [0, 0.05) is 24.7 Å². The maximum Gasteiger partial charge on any atom is 0.139 e. The molecule has 0 spiro atoms. The molecule has 0 fully saturated rings. The monoisotopic (exact) mass is 218 g/mol. The number of nitrogens with zero attached hydrogens (tertiary/aromatic N) is 2. The van der Waals surface area contributed by atoms with Gasteiger partial charge in [0.2, 0.25) is 0 Å². The lowest BCUT2D eigenvalue weighted by molar-refractivity contribution is 0.403. The SMILES string of the molecule is CCn1cc(CN(C)C)c2cccc(O)c21. The predicted octanol–water partition coefficient (Wildman–Crippen LogP) is 2.43. The van der Waals surface area contributed by atoms with E-state index in [9.17, 15) is 5.11 Å². The van der Waals surface area contributed by atoms with Crippen molar-refractivity contribution in [2.75, 3.05) is 14.1 Å². The molecule has 3 heteroatoms. The quantitative estimate of drug-likeness (QED) is 0.857. The molecule has 0 bridgehead atoms. The summed E-state index contributed by atoms with van der Waals surface area (Å²) < 4.78 is 2.10. The van der Waals surface area contributed by atoms with E-state index in [0.29, 0.717) is 5.75 Å². The standard InChI is InChI=1S/C13H18N2O/c1-4-15-9-10(8-14(2)3)11-6-5-7-12(16)13(11)15/h5-7,9,16H,4,8H2,1-3H3. The first-order valence-electron chi connectivity index (χ1n) is 5.58. The lowest BCUT2D eigenvalue weighted by Gasteiger charge is -2.07. The maximum absolute atomic E-state index is 9.90. The van der Waals surface area contributed by atoms with Crippen LogP contribution in [0.15, 0.2) is 24.4 Å². The van der Waals surface area contributed by atoms with E-state index in [4.69, 9.17) is 0 Å². The molecule has 0 aliphatic rings. The molecule has 0 saturated carbocycles. The number of aryl methyl sites for hydroxylation is 1. The van der Waals surface area contributed by atoms with Gasteiger partial charge in [-0.15, -0.1) is 0 Å². The summed E-state index contributed by atoms with van der Waals surface area (Å²) in [7, 11) is 4.11. The fraction of sp³-hybridized carbons (Fsp3) is 0.385. The average molecular weight is 218 g/mol. The Kier molecular flexibility index (Phi) is 2.88. The lowest BCUT2D eigenvalue weighted by Crippen LogP contribution is -2.10. The van der Waals surface area contributed by atoms with Crippen LogP contribution in [-0.2, 0) is 13.1 Å². The van der Waals surface area contributed by atoms with Crippen LogP contribution in [0.4, 0.5) is 0 Å². The number of aromatic hydroxyl groups is 1. The number of phenols is 1. The normalized spacial score (nSPS) is 11.5. The molecule has 0 atom stereocenters. The third-order valence-electron chi connectivity index (χ3n) is 2.79. The smallest absolute Gasteiger partial charge is 0.139 e. The van der Waals surface area contributed by atoms with Crippen molar-refractivity contribution in [2.24, 2.45) is 0 Å². The summed E-state index contributed by atoms with van der Waals surface area (Å²) in [4.78, 5) is 2.14. The Morgan fingerprint density at radius 3 is 2.69 bits per heavy atom. The van der Waals surface area contributed by atoms with Crippen molar-refractivity contribution in [3.63, 3.8) is 0 Å². The van der Waals surface area contributed by atoms with Gasteiger partial charge in [-0.3, -0.25) is 0 Å². The highest BCUT2D eigenvalue weighted by atomic mass is 16.3. The summed E-state index contributed by atoms with van der Waals surface area (Å²) in [6, 6.07) is 5.71. The van der Waals surface area contributed by atoms with Crippen molar-refractivity contribution >= 4 is 10.9 Å². The minimum atomic E-state index is 0.365. The number of rotatable bonds is 3. The second-order valence-corrected chi connectivity index (χ2v) is 4.35. The fourth-order valence-electron chi connectivity index (χ4n) is 2.13. The molecular formula is C13H18N2O. The van der Waals surface area contributed by atoms with Gasteiger partial charge < -0.3 is 14.6 Å². The van der Waals surface area contributed by atoms with E-state index in [-0.39, 0.29) is 0 Å². The number of hydrogen-bond donors (Lipinski definition) is 1. The number of hydrogen-bond acceptors (Lipinski definition) is 2. The first-order chi connectivity index (χ1) is 7.63. The van der Waals surface area contributed by atoms with Crippen LogP contribution in [0.5, 0.6) is 5.75 Å². The molecule has 16 heavy (non-hydrogen) atoms. The molecule has 1 aromatic carbocycles. The van der Waals surface area contributed by atoms with Gasteiger partial charge >= 0.3 is 0 Å². The van der Waals surface area contributed by atoms with Crippen molar-refractivity contribution in [3.8, 4) is 5.75 Å². The number of para-hydroxylation sites is 1. The van der Waals surface area contributed by atoms with Crippen LogP contribution in [0.3, 0.4) is 0 Å². The molecule has 0 saturated heterocycles. The van der Waals surface area contributed by atoms with Crippen LogP contribution in [0, 0.1) is 0 Å². The molecule has 0 unspecified atom stereocenters. The van der Waals surface area contributed by atoms with E-state index >= 15 is 0 Å². The van der Waals surface area contributed by atoms with E-state index in [0.717, 1.165) is 24.0 Å². The van der Waals surface area contributed by atoms with Gasteiger partial charge in [0.15, 0.2) is 0 Å². The van der Waals surface area contributed by atoms with Gasteiger partial charge in [0.25, 0.3) is 0 Å². The molecule has 1 heterocycles. The van der Waals surface area contributed by atoms with E-state index in [2.05, 4.69) is 42.7 Å². The second kappa shape index (κ2) is 4.18. The van der Waals surface area contributed by atoms with Gasteiger partial charge in [0.1, 0.15) is 5.75 Å². The number of fused-ring (bicyclic) bond motifs is 1. The molecule has 0 aliphatic heterocycles. The van der Waals surface area contributed by atoms with Crippen molar-refractivity contribution in [1.82, 2.24) is 9.47 Å². The Balaban J connectivity index is 2.63. The zero-order chi connectivity index (χ0) is 11.7. The van der Waals surface area contributed by atoms with Crippen LogP contribution in [0.1, 0.15) is 12.5 Å². The summed E-state index contributed by atoms with van der Waals surface area (Å²) in [5.41, 5.74) is 2.21. The van der Waals surface area contributed by atoms with Crippen LogP contribution >= 0.6 is 0 Å². The first kappa shape index (κ1) is 11.0. The molecule has 1 N–H and O–H groups in total. The van der Waals surface area contributed by atoms with Crippen LogP contribution in [0.25, 0.3) is 10.9 Å². The van der Waals surface area contributed by atoms with E-state index < -0.39 is 0 Å². The summed E-state index contributed by atoms with van der Waals surface area (Å²) >= 11 is 0. The first-order valence-corrected chi connectivity index (χ1v) is 5.58. The van der Waals surface area contributed by atoms with Crippen molar-refractivity contribution in [1.29, 1.82) is 0 Å². The largest absolute Gasteiger partial charge is 0.506 e. The minimum Gasteiger partial charge on any atom is -0.506 e. The summed E-state index contributed by atoms with van der Waals surface area (Å²) in [6.45, 7) is 3.86. The summed E-state index contributed by atoms with van der Waals surface area (Å²) in [5.74, 6) is 0.365. The molecule has 86 valence electrons. The number of phenolic OH excluding ortho intramolecular Hbond substituents is 1. The number of aromatic nitrogens is 1. The highest BCUT2D eigenvalue weighted by Gasteiger charge is 2.11. The Morgan fingerprint density at radius 1 is 1.31 bits per heavy atom. The Morgan fingerprint density at radius 2 is 2.06 bits per heavy atom. The van der Waals surface area contributed by atoms with Crippen molar-refractivity contribution in [3.05, 3.63) is 30.0 Å². The Labute approximate surface area is 95.9 Å². The van der Waals surface area contributed by atoms with E-state index in [1.807, 2.05) is 6.07 Å². The third kappa shape index (κ3) is 1.78. The van der Waals surface area contributed by atoms with Gasteiger partial charge in [-0.2, -0.15) is 0 Å².